The van der Waals surface area contributed by atoms with Crippen LogP contribution in [0.2, 0.25) is 0 Å². The first-order valence-electron chi connectivity index (χ1n) is 6.59. The first-order valence-corrected chi connectivity index (χ1v) is 7.12. The molecule has 0 N–H and O–H groups in total. The zero-order valence-electron chi connectivity index (χ0n) is 10.5. The molecule has 0 aromatic carbocycles. The van der Waals surface area contributed by atoms with Crippen molar-refractivity contribution in [1.82, 2.24) is 4.98 Å². The van der Waals surface area contributed by atoms with Gasteiger partial charge in [-0.1, -0.05) is 13.3 Å². The first kappa shape index (κ1) is 12.7. The minimum absolute atomic E-state index is 0.499. The lowest BCUT2D eigenvalue weighted by molar-refractivity contribution is 0.459. The number of hydrogen-bond donors (Lipinski definition) is 0. The van der Waals surface area contributed by atoms with Crippen molar-refractivity contribution in [3.8, 4) is 0 Å². The molecule has 0 bridgehead atoms. The third kappa shape index (κ3) is 3.35. The standard InChI is InChI=1S/C14H21ClN2/c1-2-12-4-3-8-17(9-6-12)14-5-7-16-13(10-14)11-15/h5,7,10,12H,2-4,6,8-9,11H2,1H3. The van der Waals surface area contributed by atoms with Crippen molar-refractivity contribution in [2.75, 3.05) is 18.0 Å². The summed E-state index contributed by atoms with van der Waals surface area (Å²) in [5, 5.41) is 0. The van der Waals surface area contributed by atoms with Gasteiger partial charge in [0.15, 0.2) is 0 Å². The molecule has 0 amide bonds. The second-order valence-corrected chi connectivity index (χ2v) is 5.10. The topological polar surface area (TPSA) is 16.1 Å². The second kappa shape index (κ2) is 6.25. The molecule has 2 nitrogen and oxygen atoms in total. The Morgan fingerprint density at radius 1 is 1.41 bits per heavy atom. The predicted octanol–water partition coefficient (Wildman–Crippen LogP) is 3.84. The van der Waals surface area contributed by atoms with Crippen LogP contribution in [-0.2, 0) is 5.88 Å². The van der Waals surface area contributed by atoms with Gasteiger partial charge in [-0.15, -0.1) is 11.6 Å². The van der Waals surface area contributed by atoms with Crippen molar-refractivity contribution < 1.29 is 0 Å². The maximum atomic E-state index is 5.83. The van der Waals surface area contributed by atoms with Gasteiger partial charge in [-0.05, 0) is 37.3 Å². The number of hydrogen-bond acceptors (Lipinski definition) is 2. The molecular formula is C14H21ClN2. The summed E-state index contributed by atoms with van der Waals surface area (Å²) in [4.78, 5) is 6.73. The predicted molar refractivity (Wildman–Crippen MR) is 73.6 cm³/mol. The van der Waals surface area contributed by atoms with Crippen LogP contribution < -0.4 is 4.90 Å². The van der Waals surface area contributed by atoms with E-state index in [2.05, 4.69) is 28.9 Å². The highest BCUT2D eigenvalue weighted by Gasteiger charge is 2.16. The maximum Gasteiger partial charge on any atom is 0.0648 e. The van der Waals surface area contributed by atoms with Crippen molar-refractivity contribution in [2.45, 2.75) is 38.5 Å². The Morgan fingerprint density at radius 3 is 3.06 bits per heavy atom. The zero-order valence-corrected chi connectivity index (χ0v) is 11.3. The van der Waals surface area contributed by atoms with E-state index in [1.165, 1.54) is 44.5 Å². The van der Waals surface area contributed by atoms with Crippen LogP contribution in [0.5, 0.6) is 0 Å². The van der Waals surface area contributed by atoms with Crippen LogP contribution in [0.25, 0.3) is 0 Å². The second-order valence-electron chi connectivity index (χ2n) is 4.83. The van der Waals surface area contributed by atoms with E-state index < -0.39 is 0 Å². The Hall–Kier alpha value is -0.760. The van der Waals surface area contributed by atoms with Crippen LogP contribution in [0.1, 0.15) is 38.3 Å². The van der Waals surface area contributed by atoms with E-state index in [1.807, 2.05) is 6.20 Å². The van der Waals surface area contributed by atoms with Gasteiger partial charge in [0, 0.05) is 25.0 Å². The van der Waals surface area contributed by atoms with Gasteiger partial charge >= 0.3 is 0 Å². The monoisotopic (exact) mass is 252 g/mol. The van der Waals surface area contributed by atoms with E-state index in [9.17, 15) is 0 Å². The fraction of sp³-hybridized carbons (Fsp3) is 0.643. The Morgan fingerprint density at radius 2 is 2.29 bits per heavy atom. The summed E-state index contributed by atoms with van der Waals surface area (Å²) >= 11 is 5.83. The zero-order chi connectivity index (χ0) is 12.1. The molecule has 0 aliphatic carbocycles. The number of pyridine rings is 1. The first-order chi connectivity index (χ1) is 8.33. The van der Waals surface area contributed by atoms with Gasteiger partial charge in [-0.3, -0.25) is 4.98 Å². The normalized spacial score (nSPS) is 21.3. The molecule has 2 rings (SSSR count). The summed E-state index contributed by atoms with van der Waals surface area (Å²) in [6, 6.07) is 4.22. The van der Waals surface area contributed by atoms with Gasteiger partial charge in [0.2, 0.25) is 0 Å². The van der Waals surface area contributed by atoms with Crippen LogP contribution in [0.15, 0.2) is 18.3 Å². The minimum atomic E-state index is 0.499. The Labute approximate surface area is 109 Å². The fourth-order valence-electron chi connectivity index (χ4n) is 2.57. The molecule has 0 radical (unpaired) electrons. The third-order valence-corrected chi connectivity index (χ3v) is 4.00. The van der Waals surface area contributed by atoms with Gasteiger partial charge in [0.1, 0.15) is 0 Å². The van der Waals surface area contributed by atoms with Crippen LogP contribution in [-0.4, -0.2) is 18.1 Å². The highest BCUT2D eigenvalue weighted by Crippen LogP contribution is 2.24. The van der Waals surface area contributed by atoms with Gasteiger partial charge in [0.05, 0.1) is 11.6 Å². The highest BCUT2D eigenvalue weighted by atomic mass is 35.5. The molecule has 17 heavy (non-hydrogen) atoms. The summed E-state index contributed by atoms with van der Waals surface area (Å²) in [6.45, 7) is 4.64. The molecule has 1 aromatic heterocycles. The van der Waals surface area contributed by atoms with Gasteiger partial charge in [-0.25, -0.2) is 0 Å². The molecule has 0 spiro atoms. The van der Waals surface area contributed by atoms with Crippen LogP contribution in [0.4, 0.5) is 5.69 Å². The average Bonchev–Trinajstić information content (AvgIpc) is 2.64. The average molecular weight is 253 g/mol. The van der Waals surface area contributed by atoms with Crippen LogP contribution >= 0.6 is 11.6 Å². The number of aromatic nitrogens is 1. The number of alkyl halides is 1. The molecule has 0 saturated carbocycles. The molecule has 3 heteroatoms. The fourth-order valence-corrected chi connectivity index (χ4v) is 2.71. The summed E-state index contributed by atoms with van der Waals surface area (Å²) < 4.78 is 0. The molecule has 1 aromatic rings. The Balaban J connectivity index is 2.05. The summed E-state index contributed by atoms with van der Waals surface area (Å²) in [7, 11) is 0. The van der Waals surface area contributed by atoms with Gasteiger partial charge in [-0.2, -0.15) is 0 Å². The largest absolute Gasteiger partial charge is 0.371 e. The van der Waals surface area contributed by atoms with E-state index in [0.717, 1.165) is 11.6 Å². The minimum Gasteiger partial charge on any atom is -0.371 e. The lowest BCUT2D eigenvalue weighted by Crippen LogP contribution is -2.24. The van der Waals surface area contributed by atoms with E-state index in [-0.39, 0.29) is 0 Å². The van der Waals surface area contributed by atoms with E-state index in [4.69, 9.17) is 11.6 Å². The SMILES string of the molecule is CCC1CCCN(c2ccnc(CCl)c2)CC1. The van der Waals surface area contributed by atoms with Crippen molar-refractivity contribution in [3.05, 3.63) is 24.0 Å². The lowest BCUT2D eigenvalue weighted by atomic mass is 9.98. The lowest BCUT2D eigenvalue weighted by Gasteiger charge is -2.23. The van der Waals surface area contributed by atoms with E-state index in [1.54, 1.807) is 0 Å². The molecule has 1 fully saturated rings. The molecule has 1 saturated heterocycles. The van der Waals surface area contributed by atoms with Crippen molar-refractivity contribution in [3.63, 3.8) is 0 Å². The molecular weight excluding hydrogens is 232 g/mol. The summed E-state index contributed by atoms with van der Waals surface area (Å²) in [5.41, 5.74) is 2.26. The number of rotatable bonds is 3. The van der Waals surface area contributed by atoms with Crippen LogP contribution in [0.3, 0.4) is 0 Å². The molecule has 1 aliphatic heterocycles. The van der Waals surface area contributed by atoms with Crippen molar-refractivity contribution in [1.29, 1.82) is 0 Å². The molecule has 2 heterocycles. The Bertz CT molecular complexity index is 354. The smallest absolute Gasteiger partial charge is 0.0648 e. The van der Waals surface area contributed by atoms with Crippen LogP contribution in [0, 0.1) is 5.92 Å². The Kier molecular flexibility index (Phi) is 4.66. The summed E-state index contributed by atoms with van der Waals surface area (Å²) in [6.07, 6.45) is 7.18. The molecule has 1 unspecified atom stereocenters. The van der Waals surface area contributed by atoms with Crippen molar-refractivity contribution >= 4 is 17.3 Å². The summed E-state index contributed by atoms with van der Waals surface area (Å²) in [5.74, 6) is 1.41. The molecule has 1 atom stereocenters. The van der Waals surface area contributed by atoms with E-state index in [0.29, 0.717) is 5.88 Å². The maximum absolute atomic E-state index is 5.83. The van der Waals surface area contributed by atoms with Crippen molar-refractivity contribution in [2.24, 2.45) is 5.92 Å². The molecule has 94 valence electrons. The highest BCUT2D eigenvalue weighted by molar-refractivity contribution is 6.16. The van der Waals surface area contributed by atoms with Gasteiger partial charge < -0.3 is 4.90 Å². The quantitative estimate of drug-likeness (QED) is 0.760. The van der Waals surface area contributed by atoms with Gasteiger partial charge in [0.25, 0.3) is 0 Å². The number of nitrogens with zero attached hydrogens (tertiary/aromatic N) is 2. The third-order valence-electron chi connectivity index (χ3n) is 3.73. The number of halogens is 1. The van der Waals surface area contributed by atoms with E-state index >= 15 is 0 Å². The number of anilines is 1. The molecule has 1 aliphatic rings.